The Morgan fingerprint density at radius 2 is 0.918 bits per heavy atom. The van der Waals surface area contributed by atoms with Crippen LogP contribution in [-0.4, -0.2) is 0 Å². The van der Waals surface area contributed by atoms with E-state index < -0.39 is 0 Å². The lowest BCUT2D eigenvalue weighted by Crippen LogP contribution is -1.90. The molecule has 0 aliphatic carbocycles. The largest absolute Gasteiger partial charge is 0.456 e. The summed E-state index contributed by atoms with van der Waals surface area (Å²) in [5.41, 5.74) is 10.00. The molecule has 0 bridgehead atoms. The Bertz CT molecular complexity index is 3010. The third-order valence-electron chi connectivity index (χ3n) is 10.1. The first-order valence-corrected chi connectivity index (χ1v) is 16.6. The predicted molar refractivity (Wildman–Crippen MR) is 202 cm³/mol. The molecule has 0 saturated heterocycles. The van der Waals surface area contributed by atoms with E-state index in [2.05, 4.69) is 133 Å². The van der Waals surface area contributed by atoms with Crippen LogP contribution in [0.1, 0.15) is 0 Å². The summed E-state index contributed by atoms with van der Waals surface area (Å²) >= 11 is 0. The number of hydrogen-bond donors (Lipinski definition) is 0. The lowest BCUT2D eigenvalue weighted by molar-refractivity contribution is 0.633. The Morgan fingerprint density at radius 3 is 1.65 bits per heavy atom. The van der Waals surface area contributed by atoms with Gasteiger partial charge in [-0.25, -0.2) is 0 Å². The lowest BCUT2D eigenvalue weighted by Gasteiger charge is -2.16. The molecular formula is C46H26O3. The second-order valence-electron chi connectivity index (χ2n) is 12.8. The summed E-state index contributed by atoms with van der Waals surface area (Å²) in [7, 11) is 0. The zero-order chi connectivity index (χ0) is 32.1. The summed E-state index contributed by atoms with van der Waals surface area (Å²) in [5, 5.41) is 10.1. The first-order valence-electron chi connectivity index (χ1n) is 16.6. The van der Waals surface area contributed by atoms with Crippen LogP contribution in [0.25, 0.3) is 110 Å². The Balaban J connectivity index is 1.09. The van der Waals surface area contributed by atoms with E-state index in [0.29, 0.717) is 0 Å². The van der Waals surface area contributed by atoms with Crippen molar-refractivity contribution >= 4 is 76.4 Å². The van der Waals surface area contributed by atoms with Gasteiger partial charge in [0.2, 0.25) is 0 Å². The van der Waals surface area contributed by atoms with E-state index in [-0.39, 0.29) is 0 Å². The quantitative estimate of drug-likeness (QED) is 0.183. The average Bonchev–Trinajstić information content (AvgIpc) is 3.87. The van der Waals surface area contributed by atoms with Gasteiger partial charge >= 0.3 is 0 Å². The Labute approximate surface area is 280 Å². The van der Waals surface area contributed by atoms with Crippen molar-refractivity contribution in [1.82, 2.24) is 0 Å². The third kappa shape index (κ3) is 3.78. The molecule has 0 aliphatic heterocycles. The maximum Gasteiger partial charge on any atom is 0.147 e. The molecule has 3 aromatic heterocycles. The van der Waals surface area contributed by atoms with Crippen LogP contribution >= 0.6 is 0 Å². The molecule has 3 heteroatoms. The smallest absolute Gasteiger partial charge is 0.147 e. The van der Waals surface area contributed by atoms with Crippen molar-refractivity contribution in [2.45, 2.75) is 0 Å². The normalized spacial score (nSPS) is 12.1. The fourth-order valence-corrected chi connectivity index (χ4v) is 7.92. The molecule has 3 heterocycles. The summed E-state index contributed by atoms with van der Waals surface area (Å²) in [6.45, 7) is 0. The van der Waals surface area contributed by atoms with E-state index in [1.165, 1.54) is 27.1 Å². The number of hydrogen-bond acceptors (Lipinski definition) is 3. The van der Waals surface area contributed by atoms with Crippen LogP contribution in [0.3, 0.4) is 0 Å². The van der Waals surface area contributed by atoms with E-state index in [1.807, 2.05) is 24.3 Å². The minimum Gasteiger partial charge on any atom is -0.456 e. The van der Waals surface area contributed by atoms with Gasteiger partial charge in [-0.1, -0.05) is 127 Å². The summed E-state index contributed by atoms with van der Waals surface area (Å²) < 4.78 is 19.4. The Morgan fingerprint density at radius 1 is 0.327 bits per heavy atom. The van der Waals surface area contributed by atoms with Crippen molar-refractivity contribution in [1.29, 1.82) is 0 Å². The topological polar surface area (TPSA) is 39.4 Å². The average molecular weight is 627 g/mol. The molecule has 8 aromatic carbocycles. The van der Waals surface area contributed by atoms with Crippen molar-refractivity contribution < 1.29 is 13.3 Å². The van der Waals surface area contributed by atoms with Crippen LogP contribution in [0.2, 0.25) is 0 Å². The zero-order valence-corrected chi connectivity index (χ0v) is 26.2. The zero-order valence-electron chi connectivity index (χ0n) is 26.2. The van der Waals surface area contributed by atoms with Gasteiger partial charge in [-0.2, -0.15) is 0 Å². The molecule has 49 heavy (non-hydrogen) atoms. The highest BCUT2D eigenvalue weighted by atomic mass is 16.3. The maximum absolute atomic E-state index is 6.58. The van der Waals surface area contributed by atoms with Gasteiger partial charge in [-0.15, -0.1) is 0 Å². The van der Waals surface area contributed by atoms with Crippen LogP contribution in [0.5, 0.6) is 0 Å². The number of benzene rings is 8. The predicted octanol–water partition coefficient (Wildman–Crippen LogP) is 13.5. The highest BCUT2D eigenvalue weighted by molar-refractivity contribution is 6.24. The molecule has 11 rings (SSSR count). The van der Waals surface area contributed by atoms with E-state index in [1.54, 1.807) is 0 Å². The van der Waals surface area contributed by atoms with E-state index in [4.69, 9.17) is 13.3 Å². The molecule has 0 saturated carbocycles. The molecule has 0 N–H and O–H groups in total. The monoisotopic (exact) mass is 626 g/mol. The van der Waals surface area contributed by atoms with Gasteiger partial charge in [0.15, 0.2) is 0 Å². The fraction of sp³-hybridized carbons (Fsp3) is 0. The Hall–Kier alpha value is -6.58. The Kier molecular flexibility index (Phi) is 5.38. The van der Waals surface area contributed by atoms with E-state index in [0.717, 1.165) is 82.9 Å². The number of furan rings is 3. The number of fused-ring (bicyclic) bond motifs is 10. The van der Waals surface area contributed by atoms with Gasteiger partial charge in [-0.3, -0.25) is 0 Å². The third-order valence-corrected chi connectivity index (χ3v) is 10.1. The van der Waals surface area contributed by atoms with Crippen molar-refractivity contribution in [2.75, 3.05) is 0 Å². The van der Waals surface area contributed by atoms with E-state index in [9.17, 15) is 0 Å². The SMILES string of the molecule is c1ccc2oc(-c3c4ccccc4c(-c4ccc(-c5cccc6c5oc5ccc7c8ccccc8oc7c56)cc4)c4ccccc34)cc2c1. The molecule has 0 spiro atoms. The van der Waals surface area contributed by atoms with Crippen LogP contribution < -0.4 is 0 Å². The molecule has 0 amide bonds. The van der Waals surface area contributed by atoms with Crippen LogP contribution in [-0.2, 0) is 0 Å². The summed E-state index contributed by atoms with van der Waals surface area (Å²) in [6.07, 6.45) is 0. The van der Waals surface area contributed by atoms with Gasteiger partial charge in [0.1, 0.15) is 33.7 Å². The first kappa shape index (κ1) is 26.5. The summed E-state index contributed by atoms with van der Waals surface area (Å²) in [6, 6.07) is 55.4. The molecule has 0 atom stereocenters. The number of para-hydroxylation sites is 3. The fourth-order valence-electron chi connectivity index (χ4n) is 7.92. The van der Waals surface area contributed by atoms with Crippen LogP contribution in [0.15, 0.2) is 171 Å². The molecule has 228 valence electrons. The van der Waals surface area contributed by atoms with Crippen molar-refractivity contribution in [2.24, 2.45) is 0 Å². The molecular weight excluding hydrogens is 601 g/mol. The molecule has 0 aliphatic rings. The van der Waals surface area contributed by atoms with Gasteiger partial charge in [0.25, 0.3) is 0 Å². The van der Waals surface area contributed by atoms with Gasteiger partial charge in [0, 0.05) is 32.7 Å². The summed E-state index contributed by atoms with van der Waals surface area (Å²) in [5.74, 6) is 0.884. The highest BCUT2D eigenvalue weighted by Gasteiger charge is 2.21. The highest BCUT2D eigenvalue weighted by Crippen LogP contribution is 2.46. The molecule has 0 unspecified atom stereocenters. The summed E-state index contributed by atoms with van der Waals surface area (Å²) in [4.78, 5) is 0. The lowest BCUT2D eigenvalue weighted by atomic mass is 9.87. The van der Waals surface area contributed by atoms with Crippen LogP contribution in [0.4, 0.5) is 0 Å². The van der Waals surface area contributed by atoms with Crippen molar-refractivity contribution in [3.05, 3.63) is 158 Å². The molecule has 3 nitrogen and oxygen atoms in total. The molecule has 0 radical (unpaired) electrons. The van der Waals surface area contributed by atoms with E-state index >= 15 is 0 Å². The van der Waals surface area contributed by atoms with Gasteiger partial charge in [0.05, 0.1) is 5.39 Å². The second-order valence-corrected chi connectivity index (χ2v) is 12.8. The minimum atomic E-state index is 0.827. The first-order chi connectivity index (χ1) is 24.3. The van der Waals surface area contributed by atoms with Crippen molar-refractivity contribution in [3.8, 4) is 33.6 Å². The maximum atomic E-state index is 6.58. The number of rotatable bonds is 3. The minimum absolute atomic E-state index is 0.827. The molecule has 11 aromatic rings. The standard InChI is InChI=1S/C46H26O3/c1-7-18-38-29(10-1)26-41(47-38)43-34-14-4-2-12-32(34)42(33-13-3-5-15-35(33)43)28-22-20-27(21-23-28)30-16-9-17-37-44-40(49-45(30)37)25-24-36-31-11-6-8-19-39(31)48-46(36)44/h1-26H. The van der Waals surface area contributed by atoms with Gasteiger partial charge in [-0.05, 0) is 68.6 Å². The van der Waals surface area contributed by atoms with Crippen LogP contribution in [0, 0.1) is 0 Å². The van der Waals surface area contributed by atoms with Crippen molar-refractivity contribution in [3.63, 3.8) is 0 Å². The van der Waals surface area contributed by atoms with Gasteiger partial charge < -0.3 is 13.3 Å². The second kappa shape index (κ2) is 9.96. The molecule has 0 fully saturated rings.